The maximum absolute atomic E-state index is 12.1. The molecule has 21 heavy (non-hydrogen) atoms. The van der Waals surface area contributed by atoms with E-state index in [1.165, 1.54) is 0 Å². The van der Waals surface area contributed by atoms with E-state index < -0.39 is 0 Å². The molecule has 0 aliphatic rings. The minimum Gasteiger partial charge on any atom is -0.497 e. The van der Waals surface area contributed by atoms with E-state index in [0.717, 1.165) is 26.0 Å². The standard InChI is InChI=1S/C15H12BrN3O2/c1-21-11-5-2-9(3-6-11)14-13-8-10(16)4-7-12(13)15(20)19(17)18-14/h2-8H,17H2,1H3. The average molecular weight is 346 g/mol. The highest BCUT2D eigenvalue weighted by atomic mass is 79.9. The predicted molar refractivity (Wildman–Crippen MR) is 85.8 cm³/mol. The average Bonchev–Trinajstić information content (AvgIpc) is 2.51. The molecule has 0 bridgehead atoms. The van der Waals surface area contributed by atoms with Gasteiger partial charge in [-0.25, -0.2) is 0 Å². The Labute approximate surface area is 129 Å². The third kappa shape index (κ3) is 2.38. The third-order valence-electron chi connectivity index (χ3n) is 3.25. The molecule has 3 rings (SSSR count). The number of fused-ring (bicyclic) bond motifs is 1. The minimum atomic E-state index is -0.324. The molecule has 0 spiro atoms. The second-order valence-corrected chi connectivity index (χ2v) is 5.43. The van der Waals surface area contributed by atoms with Gasteiger partial charge in [0.2, 0.25) is 0 Å². The fourth-order valence-corrected chi connectivity index (χ4v) is 2.55. The first-order valence-electron chi connectivity index (χ1n) is 6.22. The van der Waals surface area contributed by atoms with E-state index >= 15 is 0 Å². The number of nitrogens with zero attached hydrogens (tertiary/aromatic N) is 2. The van der Waals surface area contributed by atoms with Gasteiger partial charge in [0.15, 0.2) is 0 Å². The maximum Gasteiger partial charge on any atom is 0.293 e. The van der Waals surface area contributed by atoms with Crippen LogP contribution in [0.4, 0.5) is 0 Å². The van der Waals surface area contributed by atoms with E-state index in [4.69, 9.17) is 10.6 Å². The van der Waals surface area contributed by atoms with Crippen molar-refractivity contribution in [3.05, 3.63) is 57.3 Å². The lowest BCUT2D eigenvalue weighted by Crippen LogP contribution is -2.30. The fourth-order valence-electron chi connectivity index (χ4n) is 2.19. The van der Waals surface area contributed by atoms with Gasteiger partial charge in [-0.15, -0.1) is 9.89 Å². The molecule has 0 atom stereocenters. The molecule has 0 saturated carbocycles. The molecule has 0 saturated heterocycles. The Morgan fingerprint density at radius 1 is 1.14 bits per heavy atom. The van der Waals surface area contributed by atoms with Crippen molar-refractivity contribution < 1.29 is 4.74 Å². The van der Waals surface area contributed by atoms with Crippen LogP contribution in [0, 0.1) is 0 Å². The Morgan fingerprint density at radius 2 is 1.86 bits per heavy atom. The highest BCUT2D eigenvalue weighted by molar-refractivity contribution is 9.10. The normalized spacial score (nSPS) is 10.8. The molecule has 0 amide bonds. The van der Waals surface area contributed by atoms with Crippen molar-refractivity contribution in [2.24, 2.45) is 0 Å². The van der Waals surface area contributed by atoms with E-state index in [1.807, 2.05) is 36.4 Å². The summed E-state index contributed by atoms with van der Waals surface area (Å²) < 4.78 is 6.02. The SMILES string of the molecule is COc1ccc(-c2nn(N)c(=O)c3ccc(Br)cc23)cc1. The summed E-state index contributed by atoms with van der Waals surface area (Å²) in [6, 6.07) is 12.8. The predicted octanol–water partition coefficient (Wildman–Crippen LogP) is 2.55. The van der Waals surface area contributed by atoms with Crippen molar-refractivity contribution in [2.75, 3.05) is 13.0 Å². The molecule has 3 aromatic rings. The van der Waals surface area contributed by atoms with Crippen molar-refractivity contribution in [2.45, 2.75) is 0 Å². The minimum absolute atomic E-state index is 0.324. The lowest BCUT2D eigenvalue weighted by Gasteiger charge is -2.09. The topological polar surface area (TPSA) is 70.1 Å². The first-order chi connectivity index (χ1) is 10.1. The molecule has 2 N–H and O–H groups in total. The van der Waals surface area contributed by atoms with Crippen LogP contribution in [-0.4, -0.2) is 17.0 Å². The quantitative estimate of drug-likeness (QED) is 0.724. The zero-order chi connectivity index (χ0) is 15.0. The van der Waals surface area contributed by atoms with E-state index in [-0.39, 0.29) is 5.56 Å². The number of halogens is 1. The second kappa shape index (κ2) is 5.21. The Morgan fingerprint density at radius 3 is 2.52 bits per heavy atom. The highest BCUT2D eigenvalue weighted by Gasteiger charge is 2.11. The van der Waals surface area contributed by atoms with Crippen LogP contribution in [0.25, 0.3) is 22.0 Å². The molecule has 1 aromatic heterocycles. The number of nitrogen functional groups attached to an aromatic ring is 1. The Bertz CT molecular complexity index is 872. The van der Waals surface area contributed by atoms with Crippen LogP contribution in [0.2, 0.25) is 0 Å². The van der Waals surface area contributed by atoms with Gasteiger partial charge in [0, 0.05) is 15.4 Å². The largest absolute Gasteiger partial charge is 0.497 e. The number of rotatable bonds is 2. The zero-order valence-electron chi connectivity index (χ0n) is 11.2. The molecule has 106 valence electrons. The maximum atomic E-state index is 12.1. The van der Waals surface area contributed by atoms with Gasteiger partial charge in [-0.05, 0) is 42.5 Å². The van der Waals surface area contributed by atoms with Crippen LogP contribution in [-0.2, 0) is 0 Å². The molecule has 0 aliphatic heterocycles. The van der Waals surface area contributed by atoms with Gasteiger partial charge < -0.3 is 10.6 Å². The van der Waals surface area contributed by atoms with Crippen molar-refractivity contribution >= 4 is 26.7 Å². The summed E-state index contributed by atoms with van der Waals surface area (Å²) in [5.41, 5.74) is 1.18. The summed E-state index contributed by atoms with van der Waals surface area (Å²) in [7, 11) is 1.61. The summed E-state index contributed by atoms with van der Waals surface area (Å²) in [5.74, 6) is 6.43. The van der Waals surface area contributed by atoms with Gasteiger partial charge in [-0.3, -0.25) is 4.79 Å². The Kier molecular flexibility index (Phi) is 3.39. The molecule has 0 fully saturated rings. The smallest absolute Gasteiger partial charge is 0.293 e. The van der Waals surface area contributed by atoms with E-state index in [9.17, 15) is 4.79 Å². The van der Waals surface area contributed by atoms with Crippen molar-refractivity contribution in [1.82, 2.24) is 9.89 Å². The summed E-state index contributed by atoms with van der Waals surface area (Å²) in [5, 5.41) is 5.47. The monoisotopic (exact) mass is 345 g/mol. The second-order valence-electron chi connectivity index (χ2n) is 4.52. The van der Waals surface area contributed by atoms with Gasteiger partial charge in [0.05, 0.1) is 12.5 Å². The van der Waals surface area contributed by atoms with Crippen molar-refractivity contribution in [3.8, 4) is 17.0 Å². The molecular formula is C15H12BrN3O2. The van der Waals surface area contributed by atoms with Crippen molar-refractivity contribution in [3.63, 3.8) is 0 Å². The van der Waals surface area contributed by atoms with Gasteiger partial charge in [0.25, 0.3) is 5.56 Å². The molecule has 5 nitrogen and oxygen atoms in total. The molecule has 0 unspecified atom stereocenters. The summed E-state index contributed by atoms with van der Waals surface area (Å²) in [6.45, 7) is 0. The number of nitrogens with two attached hydrogens (primary N) is 1. The number of ether oxygens (including phenoxy) is 1. The molecule has 2 aromatic carbocycles. The van der Waals surface area contributed by atoms with Gasteiger partial charge in [-0.1, -0.05) is 15.9 Å². The summed E-state index contributed by atoms with van der Waals surface area (Å²) in [4.78, 5) is 12.9. The fraction of sp³-hybridized carbons (Fsp3) is 0.0667. The van der Waals surface area contributed by atoms with Gasteiger partial charge in [-0.2, -0.15) is 0 Å². The van der Waals surface area contributed by atoms with Crippen LogP contribution in [0.5, 0.6) is 5.75 Å². The van der Waals surface area contributed by atoms with Gasteiger partial charge in [0.1, 0.15) is 11.4 Å². The molecule has 1 heterocycles. The van der Waals surface area contributed by atoms with Crippen molar-refractivity contribution in [1.29, 1.82) is 0 Å². The first kappa shape index (κ1) is 13.6. The molecule has 0 aliphatic carbocycles. The van der Waals surface area contributed by atoms with E-state index in [2.05, 4.69) is 21.0 Å². The lowest BCUT2D eigenvalue weighted by molar-refractivity contribution is 0.415. The Hall–Kier alpha value is -2.34. The molecular weight excluding hydrogens is 334 g/mol. The number of methoxy groups -OCH3 is 1. The number of aromatic nitrogens is 2. The summed E-state index contributed by atoms with van der Waals surface area (Å²) >= 11 is 3.42. The number of benzene rings is 2. The van der Waals surface area contributed by atoms with Crippen LogP contribution < -0.4 is 16.1 Å². The lowest BCUT2D eigenvalue weighted by atomic mass is 10.1. The van der Waals surface area contributed by atoms with Gasteiger partial charge >= 0.3 is 0 Å². The van der Waals surface area contributed by atoms with Crippen LogP contribution >= 0.6 is 15.9 Å². The number of hydrogen-bond acceptors (Lipinski definition) is 4. The third-order valence-corrected chi connectivity index (χ3v) is 3.74. The van der Waals surface area contributed by atoms with E-state index in [0.29, 0.717) is 11.1 Å². The number of hydrogen-bond donors (Lipinski definition) is 1. The zero-order valence-corrected chi connectivity index (χ0v) is 12.8. The van der Waals surface area contributed by atoms with E-state index in [1.54, 1.807) is 13.2 Å². The summed E-state index contributed by atoms with van der Waals surface area (Å²) in [6.07, 6.45) is 0. The van der Waals surface area contributed by atoms with Crippen LogP contribution in [0.1, 0.15) is 0 Å². The van der Waals surface area contributed by atoms with Crippen LogP contribution in [0.3, 0.4) is 0 Å². The Balaban J connectivity index is 2.32. The first-order valence-corrected chi connectivity index (χ1v) is 7.01. The van der Waals surface area contributed by atoms with Crippen LogP contribution in [0.15, 0.2) is 51.7 Å². The molecule has 6 heteroatoms. The highest BCUT2D eigenvalue weighted by Crippen LogP contribution is 2.28. The molecule has 0 radical (unpaired) electrons.